The van der Waals surface area contributed by atoms with Crippen molar-refractivity contribution in [1.29, 1.82) is 0 Å². The van der Waals surface area contributed by atoms with Crippen LogP contribution in [-0.4, -0.2) is 0 Å². The fraction of sp³-hybridized carbons (Fsp3) is 0.143. The number of rotatable bonds is 1. The number of pyridine rings is 1. The van der Waals surface area contributed by atoms with E-state index in [4.69, 9.17) is 15.1 Å². The molecule has 0 aliphatic rings. The fourth-order valence-electron chi connectivity index (χ4n) is 3.23. The van der Waals surface area contributed by atoms with Crippen LogP contribution in [0, 0.1) is 26.2 Å². The van der Waals surface area contributed by atoms with Crippen molar-refractivity contribution in [2.75, 3.05) is 0 Å². The number of hydrogen-bond acceptors (Lipinski definition) is 1. The lowest BCUT2D eigenvalue weighted by Gasteiger charge is -2.05. The molecule has 4 heteroatoms. The summed E-state index contributed by atoms with van der Waals surface area (Å²) in [5.41, 5.74) is 3.26. The SMILES string of the molecule is [2H]C([2H])([2H])c1cc([N+]#[C-])cc2oc3c(-c4cc(F)cc[n+]4C)c(C)ccc3c12. The van der Waals surface area contributed by atoms with Crippen molar-refractivity contribution < 1.29 is 17.5 Å². The van der Waals surface area contributed by atoms with E-state index in [0.29, 0.717) is 33.2 Å². The second-order valence-corrected chi connectivity index (χ2v) is 6.06. The maximum atomic E-state index is 13.9. The number of hydrogen-bond donors (Lipinski definition) is 0. The van der Waals surface area contributed by atoms with Crippen molar-refractivity contribution in [3.8, 4) is 11.3 Å². The largest absolute Gasteiger partial charge is 0.456 e. The van der Waals surface area contributed by atoms with Crippen LogP contribution in [0.5, 0.6) is 0 Å². The number of benzene rings is 2. The predicted octanol–water partition coefficient (Wildman–Crippen LogP) is 5.38. The Morgan fingerprint density at radius 2 is 2.04 bits per heavy atom. The van der Waals surface area contributed by atoms with Gasteiger partial charge in [0, 0.05) is 27.0 Å². The van der Waals surface area contributed by atoms with Crippen LogP contribution in [0.1, 0.15) is 15.2 Å². The summed E-state index contributed by atoms with van der Waals surface area (Å²) in [6.07, 6.45) is 1.62. The molecule has 0 saturated heterocycles. The molecule has 3 nitrogen and oxygen atoms in total. The molecule has 0 bridgehead atoms. The third-order valence-electron chi connectivity index (χ3n) is 4.43. The molecule has 0 N–H and O–H groups in total. The Hall–Kier alpha value is -3.19. The van der Waals surface area contributed by atoms with Crippen LogP contribution in [0.2, 0.25) is 0 Å². The number of fused-ring (bicyclic) bond motifs is 3. The van der Waals surface area contributed by atoms with E-state index in [0.717, 1.165) is 5.56 Å². The lowest BCUT2D eigenvalue weighted by atomic mass is 9.99. The van der Waals surface area contributed by atoms with E-state index in [1.54, 1.807) is 23.9 Å². The van der Waals surface area contributed by atoms with E-state index in [1.165, 1.54) is 18.2 Å². The molecular weight excluding hydrogens is 315 g/mol. The van der Waals surface area contributed by atoms with Gasteiger partial charge in [0.1, 0.15) is 24.0 Å². The highest BCUT2D eigenvalue weighted by Gasteiger charge is 2.22. The second kappa shape index (κ2) is 5.42. The number of halogens is 1. The van der Waals surface area contributed by atoms with Gasteiger partial charge < -0.3 is 4.42 Å². The molecule has 0 atom stereocenters. The molecule has 2 aromatic carbocycles. The van der Waals surface area contributed by atoms with Crippen LogP contribution in [0.25, 0.3) is 38.0 Å². The molecule has 4 aromatic rings. The molecular formula is C21H16FN2O+. The van der Waals surface area contributed by atoms with Crippen LogP contribution >= 0.6 is 0 Å². The minimum Gasteiger partial charge on any atom is -0.456 e. The summed E-state index contributed by atoms with van der Waals surface area (Å²) in [5.74, 6) is -0.376. The lowest BCUT2D eigenvalue weighted by molar-refractivity contribution is -0.660. The first-order valence-electron chi connectivity index (χ1n) is 9.24. The Balaban J connectivity index is 2.19. The summed E-state index contributed by atoms with van der Waals surface area (Å²) in [6.45, 7) is 6.76. The van der Waals surface area contributed by atoms with Gasteiger partial charge in [-0.05, 0) is 31.0 Å². The monoisotopic (exact) mass is 334 g/mol. The molecule has 0 fully saturated rings. The normalized spacial score (nSPS) is 13.4. The third-order valence-corrected chi connectivity index (χ3v) is 4.43. The van der Waals surface area contributed by atoms with Crippen LogP contribution < -0.4 is 4.57 Å². The number of furan rings is 1. The van der Waals surface area contributed by atoms with Gasteiger partial charge in [0.2, 0.25) is 5.69 Å². The molecule has 25 heavy (non-hydrogen) atoms. The average Bonchev–Trinajstić information content (AvgIpc) is 3.00. The van der Waals surface area contributed by atoms with Gasteiger partial charge in [-0.25, -0.2) is 13.8 Å². The smallest absolute Gasteiger partial charge is 0.219 e. The molecule has 0 spiro atoms. The van der Waals surface area contributed by atoms with E-state index >= 15 is 0 Å². The molecule has 0 saturated carbocycles. The van der Waals surface area contributed by atoms with Gasteiger partial charge in [-0.15, -0.1) is 0 Å². The van der Waals surface area contributed by atoms with Crippen molar-refractivity contribution in [1.82, 2.24) is 0 Å². The minimum absolute atomic E-state index is 0.0770. The first-order valence-corrected chi connectivity index (χ1v) is 7.74. The Morgan fingerprint density at radius 3 is 2.80 bits per heavy atom. The summed E-state index contributed by atoms with van der Waals surface area (Å²) in [5, 5.41) is 1.09. The summed E-state index contributed by atoms with van der Waals surface area (Å²) in [7, 11) is 1.81. The molecule has 0 radical (unpaired) electrons. The van der Waals surface area contributed by atoms with Gasteiger partial charge in [-0.3, -0.25) is 0 Å². The van der Waals surface area contributed by atoms with E-state index in [2.05, 4.69) is 4.85 Å². The van der Waals surface area contributed by atoms with Gasteiger partial charge >= 0.3 is 0 Å². The van der Waals surface area contributed by atoms with Crippen molar-refractivity contribution >= 4 is 27.6 Å². The molecule has 0 aliphatic heterocycles. The summed E-state index contributed by atoms with van der Waals surface area (Å²) >= 11 is 0. The number of aryl methyl sites for hydroxylation is 3. The van der Waals surface area contributed by atoms with Crippen molar-refractivity contribution in [3.63, 3.8) is 0 Å². The summed E-state index contributed by atoms with van der Waals surface area (Å²) < 4.78 is 45.5. The van der Waals surface area contributed by atoms with E-state index in [-0.39, 0.29) is 17.1 Å². The van der Waals surface area contributed by atoms with Gasteiger partial charge in [0.15, 0.2) is 11.9 Å². The minimum atomic E-state index is -2.40. The topological polar surface area (TPSA) is 21.4 Å². The molecule has 0 unspecified atom stereocenters. The first-order chi connectivity index (χ1) is 13.2. The zero-order chi connectivity index (χ0) is 20.2. The maximum Gasteiger partial charge on any atom is 0.219 e. The van der Waals surface area contributed by atoms with Gasteiger partial charge in [0.25, 0.3) is 0 Å². The predicted molar refractivity (Wildman–Crippen MR) is 96.0 cm³/mol. The van der Waals surface area contributed by atoms with Crippen molar-refractivity contribution in [2.24, 2.45) is 7.05 Å². The van der Waals surface area contributed by atoms with E-state index in [1.807, 2.05) is 19.1 Å². The lowest BCUT2D eigenvalue weighted by Crippen LogP contribution is -2.30. The number of aromatic nitrogens is 1. The Kier molecular flexibility index (Phi) is 2.65. The van der Waals surface area contributed by atoms with E-state index in [9.17, 15) is 4.39 Å². The Bertz CT molecular complexity index is 1300. The van der Waals surface area contributed by atoms with Crippen LogP contribution in [0.3, 0.4) is 0 Å². The van der Waals surface area contributed by atoms with Crippen molar-refractivity contribution in [2.45, 2.75) is 13.8 Å². The highest BCUT2D eigenvalue weighted by Crippen LogP contribution is 2.39. The zero-order valence-corrected chi connectivity index (χ0v) is 13.7. The van der Waals surface area contributed by atoms with Crippen molar-refractivity contribution in [3.05, 3.63) is 71.0 Å². The first kappa shape index (κ1) is 12.2. The molecule has 4 rings (SSSR count). The molecule has 2 heterocycles. The summed E-state index contributed by atoms with van der Waals surface area (Å²) in [6, 6.07) is 9.40. The molecule has 2 aromatic heterocycles. The Morgan fingerprint density at radius 1 is 1.20 bits per heavy atom. The zero-order valence-electron chi connectivity index (χ0n) is 16.7. The number of nitrogens with zero attached hydrogens (tertiary/aromatic N) is 2. The van der Waals surface area contributed by atoms with E-state index < -0.39 is 6.85 Å². The standard InChI is InChI=1S/C21H16FN2O/c1-12-5-6-16-19-13(2)9-15(23-3)11-18(19)25-21(16)20(12)17-10-14(22)7-8-24(17)4/h5-11H,1-2,4H3/q+1/i2D3. The highest BCUT2D eigenvalue weighted by atomic mass is 19.1. The maximum absolute atomic E-state index is 13.9. The molecule has 0 amide bonds. The highest BCUT2D eigenvalue weighted by molar-refractivity contribution is 6.11. The van der Waals surface area contributed by atoms with Crippen LogP contribution in [0.15, 0.2) is 47.0 Å². The average molecular weight is 334 g/mol. The third kappa shape index (κ3) is 2.28. The Labute approximate surface area is 149 Å². The van der Waals surface area contributed by atoms with Crippen LogP contribution in [0.4, 0.5) is 10.1 Å². The second-order valence-electron chi connectivity index (χ2n) is 6.06. The summed E-state index contributed by atoms with van der Waals surface area (Å²) in [4.78, 5) is 3.38. The quantitative estimate of drug-likeness (QED) is 0.338. The molecule has 122 valence electrons. The fourth-order valence-corrected chi connectivity index (χ4v) is 3.23. The molecule has 0 aliphatic carbocycles. The van der Waals surface area contributed by atoms with Gasteiger partial charge in [0.05, 0.1) is 12.1 Å². The van der Waals surface area contributed by atoms with Gasteiger partial charge in [-0.1, -0.05) is 18.2 Å². The van der Waals surface area contributed by atoms with Crippen LogP contribution in [-0.2, 0) is 7.05 Å². The van der Waals surface area contributed by atoms with Gasteiger partial charge in [-0.2, -0.15) is 0 Å².